The van der Waals surface area contributed by atoms with Gasteiger partial charge in [-0.1, -0.05) is 39.3 Å². The molecule has 23 heavy (non-hydrogen) atoms. The van der Waals surface area contributed by atoms with E-state index >= 15 is 0 Å². The molecule has 0 aromatic heterocycles. The second-order valence-electron chi connectivity index (χ2n) is 6.57. The van der Waals surface area contributed by atoms with Crippen molar-refractivity contribution < 1.29 is 4.74 Å². The van der Waals surface area contributed by atoms with E-state index in [9.17, 15) is 0 Å². The van der Waals surface area contributed by atoms with E-state index in [1.807, 2.05) is 7.11 Å². The molecule has 0 bridgehead atoms. The molecule has 0 amide bonds. The molecule has 1 aliphatic rings. The number of rotatable bonds is 8. The van der Waals surface area contributed by atoms with Gasteiger partial charge in [-0.25, -0.2) is 0 Å². The number of benzene rings is 1. The molecular formula is C20H34ClNO. The van der Waals surface area contributed by atoms with Crippen LogP contribution in [0.25, 0.3) is 0 Å². The molecule has 0 saturated carbocycles. The minimum Gasteiger partial charge on any atom is -0.496 e. The van der Waals surface area contributed by atoms with Crippen molar-refractivity contribution in [3.05, 3.63) is 29.3 Å². The quantitative estimate of drug-likeness (QED) is 0.625. The molecule has 2 nitrogen and oxygen atoms in total. The Bertz CT molecular complexity index is 443. The summed E-state index contributed by atoms with van der Waals surface area (Å²) in [4.78, 5) is 2.75. The van der Waals surface area contributed by atoms with E-state index in [2.05, 4.69) is 43.9 Å². The predicted molar refractivity (Wildman–Crippen MR) is 102 cm³/mol. The van der Waals surface area contributed by atoms with Gasteiger partial charge in [-0.15, -0.1) is 12.4 Å². The molecule has 2 atom stereocenters. The lowest BCUT2D eigenvalue weighted by Crippen LogP contribution is -2.43. The van der Waals surface area contributed by atoms with Crippen LogP contribution in [0.4, 0.5) is 0 Å². The summed E-state index contributed by atoms with van der Waals surface area (Å²) in [5, 5.41) is 0. The van der Waals surface area contributed by atoms with Gasteiger partial charge in [0.15, 0.2) is 0 Å². The summed E-state index contributed by atoms with van der Waals surface area (Å²) in [6.45, 7) is 9.36. The van der Waals surface area contributed by atoms with Gasteiger partial charge in [0.2, 0.25) is 0 Å². The van der Waals surface area contributed by atoms with Crippen LogP contribution in [0.3, 0.4) is 0 Å². The average Bonchev–Trinajstić information content (AvgIpc) is 2.54. The van der Waals surface area contributed by atoms with Gasteiger partial charge >= 0.3 is 0 Å². The summed E-state index contributed by atoms with van der Waals surface area (Å²) >= 11 is 0. The summed E-state index contributed by atoms with van der Waals surface area (Å²) in [6, 6.07) is 7.29. The van der Waals surface area contributed by atoms with Gasteiger partial charge in [0, 0.05) is 17.5 Å². The van der Waals surface area contributed by atoms with Crippen molar-refractivity contribution in [1.29, 1.82) is 0 Å². The normalized spacial score (nSPS) is 20.0. The Hall–Kier alpha value is -0.730. The minimum absolute atomic E-state index is 0. The van der Waals surface area contributed by atoms with Gasteiger partial charge in [-0.3, -0.25) is 4.90 Å². The zero-order valence-corrected chi connectivity index (χ0v) is 16.1. The lowest BCUT2D eigenvalue weighted by atomic mass is 9.75. The molecule has 0 heterocycles. The van der Waals surface area contributed by atoms with E-state index in [0.717, 1.165) is 5.75 Å². The first-order valence-corrected chi connectivity index (χ1v) is 9.16. The first-order valence-electron chi connectivity index (χ1n) is 9.16. The molecule has 0 unspecified atom stereocenters. The fourth-order valence-electron chi connectivity index (χ4n) is 4.21. The largest absolute Gasteiger partial charge is 0.496 e. The molecule has 132 valence electrons. The first-order chi connectivity index (χ1) is 10.8. The number of fused-ring (bicyclic) bond motifs is 1. The molecule has 1 aromatic rings. The number of nitrogens with zero attached hydrogens (tertiary/aromatic N) is 1. The summed E-state index contributed by atoms with van der Waals surface area (Å²) < 4.78 is 5.72. The van der Waals surface area contributed by atoms with Crippen molar-refractivity contribution in [3.63, 3.8) is 0 Å². The number of halogens is 1. The predicted octanol–water partition coefficient (Wildman–Crippen LogP) is 5.44. The Morgan fingerprint density at radius 3 is 2.35 bits per heavy atom. The van der Waals surface area contributed by atoms with E-state index < -0.39 is 0 Å². The van der Waals surface area contributed by atoms with Gasteiger partial charge in [0.05, 0.1) is 7.11 Å². The van der Waals surface area contributed by atoms with E-state index in [4.69, 9.17) is 4.74 Å². The summed E-state index contributed by atoms with van der Waals surface area (Å²) in [6.07, 6.45) is 7.49. The van der Waals surface area contributed by atoms with E-state index in [1.165, 1.54) is 62.7 Å². The number of ether oxygens (including phenoxy) is 1. The highest BCUT2D eigenvalue weighted by molar-refractivity contribution is 5.85. The lowest BCUT2D eigenvalue weighted by Gasteiger charge is -2.41. The topological polar surface area (TPSA) is 12.5 Å². The molecular weight excluding hydrogens is 306 g/mol. The smallest absolute Gasteiger partial charge is 0.122 e. The van der Waals surface area contributed by atoms with Crippen LogP contribution in [0.2, 0.25) is 0 Å². The van der Waals surface area contributed by atoms with Crippen LogP contribution in [-0.2, 0) is 6.42 Å². The standard InChI is InChI=1S/C20H33NO.ClH/c1-5-9-17-18(21(14-6-2)15-7-3)13-12-16-10-8-11-19(22-4)20(16)17;/h8,10-11,17-18H,5-7,9,12-15H2,1-4H3;1H/t17-,18-;/m0./s1. The van der Waals surface area contributed by atoms with Crippen LogP contribution < -0.4 is 4.74 Å². The molecule has 1 aromatic carbocycles. The van der Waals surface area contributed by atoms with Gasteiger partial charge in [-0.2, -0.15) is 0 Å². The Morgan fingerprint density at radius 1 is 1.09 bits per heavy atom. The Balaban J connectivity index is 0.00000264. The maximum atomic E-state index is 5.72. The van der Waals surface area contributed by atoms with Crippen molar-refractivity contribution in [3.8, 4) is 5.75 Å². The summed E-state index contributed by atoms with van der Waals surface area (Å²) in [5.74, 6) is 1.73. The number of aryl methyl sites for hydroxylation is 1. The van der Waals surface area contributed by atoms with Crippen molar-refractivity contribution >= 4 is 12.4 Å². The third-order valence-corrected chi connectivity index (χ3v) is 5.01. The highest BCUT2D eigenvalue weighted by Gasteiger charge is 2.34. The molecule has 0 radical (unpaired) electrons. The monoisotopic (exact) mass is 339 g/mol. The highest BCUT2D eigenvalue weighted by Crippen LogP contribution is 2.42. The molecule has 0 N–H and O–H groups in total. The average molecular weight is 340 g/mol. The molecule has 0 aliphatic heterocycles. The molecule has 0 fully saturated rings. The molecule has 2 rings (SSSR count). The molecule has 0 saturated heterocycles. The van der Waals surface area contributed by atoms with Crippen molar-refractivity contribution in [2.24, 2.45) is 0 Å². The lowest BCUT2D eigenvalue weighted by molar-refractivity contribution is 0.147. The van der Waals surface area contributed by atoms with Crippen LogP contribution in [-0.4, -0.2) is 31.1 Å². The third-order valence-electron chi connectivity index (χ3n) is 5.01. The van der Waals surface area contributed by atoms with Gasteiger partial charge in [-0.05, 0) is 56.8 Å². The number of hydrogen-bond acceptors (Lipinski definition) is 2. The maximum Gasteiger partial charge on any atom is 0.122 e. The molecule has 0 spiro atoms. The van der Waals surface area contributed by atoms with Crippen LogP contribution in [0, 0.1) is 0 Å². The van der Waals surface area contributed by atoms with E-state index in [-0.39, 0.29) is 12.4 Å². The second kappa shape index (κ2) is 10.2. The van der Waals surface area contributed by atoms with E-state index in [0.29, 0.717) is 12.0 Å². The van der Waals surface area contributed by atoms with Crippen LogP contribution in [0.15, 0.2) is 18.2 Å². The fourth-order valence-corrected chi connectivity index (χ4v) is 4.21. The zero-order chi connectivity index (χ0) is 15.9. The van der Waals surface area contributed by atoms with E-state index in [1.54, 1.807) is 0 Å². The maximum absolute atomic E-state index is 5.72. The van der Waals surface area contributed by atoms with Crippen molar-refractivity contribution in [2.45, 2.75) is 71.3 Å². The fraction of sp³-hybridized carbons (Fsp3) is 0.700. The Kier molecular flexibility index (Phi) is 9.01. The Labute approximate surface area is 149 Å². The molecule has 1 aliphatic carbocycles. The SMILES string of the molecule is CCC[C@@H]1c2c(cccc2OC)CC[C@@H]1N(CCC)CCC.Cl. The van der Waals surface area contributed by atoms with Crippen LogP contribution in [0.1, 0.15) is 69.9 Å². The van der Waals surface area contributed by atoms with Crippen LogP contribution >= 0.6 is 12.4 Å². The summed E-state index contributed by atoms with van der Waals surface area (Å²) in [7, 11) is 1.82. The van der Waals surface area contributed by atoms with Crippen molar-refractivity contribution in [1.82, 2.24) is 4.90 Å². The van der Waals surface area contributed by atoms with Gasteiger partial charge in [0.1, 0.15) is 5.75 Å². The zero-order valence-electron chi connectivity index (χ0n) is 15.3. The van der Waals surface area contributed by atoms with Crippen LogP contribution in [0.5, 0.6) is 5.75 Å². The second-order valence-corrected chi connectivity index (χ2v) is 6.57. The summed E-state index contributed by atoms with van der Waals surface area (Å²) in [5.41, 5.74) is 3.02. The number of hydrogen-bond donors (Lipinski definition) is 0. The molecule has 3 heteroatoms. The highest BCUT2D eigenvalue weighted by atomic mass is 35.5. The van der Waals surface area contributed by atoms with Gasteiger partial charge < -0.3 is 4.74 Å². The Morgan fingerprint density at radius 2 is 1.78 bits per heavy atom. The first kappa shape index (κ1) is 20.3. The minimum atomic E-state index is 0. The third kappa shape index (κ3) is 4.64. The number of methoxy groups -OCH3 is 1. The van der Waals surface area contributed by atoms with Crippen molar-refractivity contribution in [2.75, 3.05) is 20.2 Å². The van der Waals surface area contributed by atoms with Gasteiger partial charge in [0.25, 0.3) is 0 Å².